The normalized spacial score (nSPS) is 12.3. The topological polar surface area (TPSA) is 36.4 Å². The van der Waals surface area contributed by atoms with Crippen LogP contribution in [-0.4, -0.2) is 26.1 Å². The van der Waals surface area contributed by atoms with E-state index in [0.717, 1.165) is 31.9 Å². The number of guanidine groups is 1. The van der Waals surface area contributed by atoms with Crippen LogP contribution in [0.15, 0.2) is 35.3 Å². The van der Waals surface area contributed by atoms with Crippen LogP contribution in [0, 0.1) is 5.41 Å². The van der Waals surface area contributed by atoms with Gasteiger partial charge in [0.25, 0.3) is 0 Å². The van der Waals surface area contributed by atoms with E-state index in [1.165, 1.54) is 5.56 Å². The molecule has 2 N–H and O–H groups in total. The minimum absolute atomic E-state index is 0.200. The van der Waals surface area contributed by atoms with Crippen LogP contribution in [0.2, 0.25) is 0 Å². The lowest BCUT2D eigenvalue weighted by atomic mass is 9.86. The zero-order chi connectivity index (χ0) is 14.1. The quantitative estimate of drug-likeness (QED) is 0.610. The molecule has 0 aliphatic rings. The molecule has 3 nitrogen and oxygen atoms in total. The summed E-state index contributed by atoms with van der Waals surface area (Å²) in [4.78, 5) is 4.23. The molecule has 1 aromatic carbocycles. The molecule has 3 heteroatoms. The summed E-state index contributed by atoms with van der Waals surface area (Å²) in [7, 11) is 1.81. The molecule has 0 aliphatic carbocycles. The van der Waals surface area contributed by atoms with Gasteiger partial charge in [-0.05, 0) is 23.8 Å². The molecule has 19 heavy (non-hydrogen) atoms. The number of nitrogens with zero attached hydrogens (tertiary/aromatic N) is 1. The summed E-state index contributed by atoms with van der Waals surface area (Å²) in [5, 5.41) is 6.70. The summed E-state index contributed by atoms with van der Waals surface area (Å²) in [6.45, 7) is 8.57. The average Bonchev–Trinajstić information content (AvgIpc) is 2.39. The van der Waals surface area contributed by atoms with Crippen molar-refractivity contribution in [1.29, 1.82) is 0 Å². The fourth-order valence-electron chi connectivity index (χ4n) is 2.00. The van der Waals surface area contributed by atoms with E-state index in [1.54, 1.807) is 0 Å². The summed E-state index contributed by atoms with van der Waals surface area (Å²) in [5.41, 5.74) is 1.58. The molecule has 0 saturated carbocycles. The SMILES string of the molecule is CCCNC(=NC)NCC(C)(C)Cc1ccccc1. The largest absolute Gasteiger partial charge is 0.356 e. The Morgan fingerprint density at radius 3 is 2.42 bits per heavy atom. The first kappa shape index (κ1) is 15.5. The van der Waals surface area contributed by atoms with Crippen molar-refractivity contribution >= 4 is 5.96 Å². The second-order valence-electron chi connectivity index (χ2n) is 5.68. The van der Waals surface area contributed by atoms with Gasteiger partial charge in [-0.25, -0.2) is 0 Å². The zero-order valence-corrected chi connectivity index (χ0v) is 12.7. The lowest BCUT2D eigenvalue weighted by Crippen LogP contribution is -2.42. The third-order valence-corrected chi connectivity index (χ3v) is 3.03. The Kier molecular flexibility index (Phi) is 6.40. The standard InChI is InChI=1S/C16H27N3/c1-5-11-18-15(17-4)19-13-16(2,3)12-14-9-7-6-8-10-14/h6-10H,5,11-13H2,1-4H3,(H2,17,18,19). The van der Waals surface area contributed by atoms with Crippen molar-refractivity contribution in [2.75, 3.05) is 20.1 Å². The van der Waals surface area contributed by atoms with Crippen molar-refractivity contribution in [3.05, 3.63) is 35.9 Å². The summed E-state index contributed by atoms with van der Waals surface area (Å²) in [5.74, 6) is 0.892. The molecule has 0 spiro atoms. The minimum atomic E-state index is 0.200. The van der Waals surface area contributed by atoms with Crippen LogP contribution in [0.1, 0.15) is 32.8 Å². The predicted octanol–water partition coefficient (Wildman–Crippen LogP) is 2.83. The van der Waals surface area contributed by atoms with Crippen LogP contribution >= 0.6 is 0 Å². The maximum absolute atomic E-state index is 4.23. The maximum atomic E-state index is 4.23. The molecule has 0 atom stereocenters. The van der Waals surface area contributed by atoms with E-state index >= 15 is 0 Å². The number of rotatable bonds is 6. The van der Waals surface area contributed by atoms with E-state index in [1.807, 2.05) is 7.05 Å². The van der Waals surface area contributed by atoms with Crippen molar-refractivity contribution < 1.29 is 0 Å². The lowest BCUT2D eigenvalue weighted by molar-refractivity contribution is 0.359. The molecule has 0 unspecified atom stereocenters. The molecule has 1 rings (SSSR count). The van der Waals surface area contributed by atoms with E-state index in [0.29, 0.717) is 0 Å². The third-order valence-electron chi connectivity index (χ3n) is 3.03. The second kappa shape index (κ2) is 7.82. The van der Waals surface area contributed by atoms with Gasteiger partial charge >= 0.3 is 0 Å². The predicted molar refractivity (Wildman–Crippen MR) is 83.6 cm³/mol. The Morgan fingerprint density at radius 1 is 1.16 bits per heavy atom. The summed E-state index contributed by atoms with van der Waals surface area (Å²) in [6.07, 6.45) is 2.17. The van der Waals surface area contributed by atoms with Crippen LogP contribution in [-0.2, 0) is 6.42 Å². The van der Waals surface area contributed by atoms with Crippen molar-refractivity contribution in [3.63, 3.8) is 0 Å². The molecule has 0 radical (unpaired) electrons. The van der Waals surface area contributed by atoms with Gasteiger partial charge in [-0.1, -0.05) is 51.1 Å². The Hall–Kier alpha value is -1.51. The minimum Gasteiger partial charge on any atom is -0.356 e. The average molecular weight is 261 g/mol. The van der Waals surface area contributed by atoms with Gasteiger partial charge in [0.05, 0.1) is 0 Å². The highest BCUT2D eigenvalue weighted by Crippen LogP contribution is 2.20. The number of aliphatic imine (C=N–C) groups is 1. The van der Waals surface area contributed by atoms with Crippen LogP contribution < -0.4 is 10.6 Å². The first-order valence-electron chi connectivity index (χ1n) is 7.06. The van der Waals surface area contributed by atoms with Gasteiger partial charge in [-0.2, -0.15) is 0 Å². The first-order chi connectivity index (χ1) is 9.07. The van der Waals surface area contributed by atoms with Gasteiger partial charge in [0.1, 0.15) is 0 Å². The molecule has 0 fully saturated rings. The Bertz CT molecular complexity index is 382. The monoisotopic (exact) mass is 261 g/mol. The first-order valence-corrected chi connectivity index (χ1v) is 7.06. The van der Waals surface area contributed by atoms with Crippen molar-refractivity contribution in [3.8, 4) is 0 Å². The van der Waals surface area contributed by atoms with Crippen LogP contribution in [0.3, 0.4) is 0 Å². The molecule has 0 bridgehead atoms. The van der Waals surface area contributed by atoms with Gasteiger partial charge in [0.15, 0.2) is 5.96 Å². The lowest BCUT2D eigenvalue weighted by Gasteiger charge is -2.26. The molecular formula is C16H27N3. The third kappa shape index (κ3) is 6.27. The molecule has 1 aromatic rings. The molecule has 0 heterocycles. The van der Waals surface area contributed by atoms with E-state index in [-0.39, 0.29) is 5.41 Å². The maximum Gasteiger partial charge on any atom is 0.190 e. The smallest absolute Gasteiger partial charge is 0.190 e. The van der Waals surface area contributed by atoms with Gasteiger partial charge in [-0.15, -0.1) is 0 Å². The Labute approximate surface area is 117 Å². The highest BCUT2D eigenvalue weighted by Gasteiger charge is 2.18. The van der Waals surface area contributed by atoms with Gasteiger partial charge < -0.3 is 10.6 Å². The molecule has 0 aliphatic heterocycles. The number of hydrogen-bond acceptors (Lipinski definition) is 1. The highest BCUT2D eigenvalue weighted by atomic mass is 15.2. The van der Waals surface area contributed by atoms with Crippen LogP contribution in [0.25, 0.3) is 0 Å². The van der Waals surface area contributed by atoms with Crippen molar-refractivity contribution in [1.82, 2.24) is 10.6 Å². The van der Waals surface area contributed by atoms with Gasteiger partial charge in [-0.3, -0.25) is 4.99 Å². The number of hydrogen-bond donors (Lipinski definition) is 2. The summed E-state index contributed by atoms with van der Waals surface area (Å²) < 4.78 is 0. The van der Waals surface area contributed by atoms with E-state index < -0.39 is 0 Å². The summed E-state index contributed by atoms with van der Waals surface area (Å²) in [6, 6.07) is 10.6. The fraction of sp³-hybridized carbons (Fsp3) is 0.562. The molecule has 0 aromatic heterocycles. The molecule has 0 amide bonds. The highest BCUT2D eigenvalue weighted by molar-refractivity contribution is 5.79. The van der Waals surface area contributed by atoms with E-state index in [4.69, 9.17) is 0 Å². The van der Waals surface area contributed by atoms with Gasteiger partial charge in [0.2, 0.25) is 0 Å². The Morgan fingerprint density at radius 2 is 1.84 bits per heavy atom. The van der Waals surface area contributed by atoms with Crippen molar-refractivity contribution in [2.24, 2.45) is 10.4 Å². The van der Waals surface area contributed by atoms with E-state index in [2.05, 4.69) is 66.7 Å². The molecule has 0 saturated heterocycles. The zero-order valence-electron chi connectivity index (χ0n) is 12.7. The van der Waals surface area contributed by atoms with Gasteiger partial charge in [0, 0.05) is 20.1 Å². The van der Waals surface area contributed by atoms with Crippen LogP contribution in [0.4, 0.5) is 0 Å². The number of benzene rings is 1. The van der Waals surface area contributed by atoms with E-state index in [9.17, 15) is 0 Å². The molecule has 106 valence electrons. The summed E-state index contributed by atoms with van der Waals surface area (Å²) >= 11 is 0. The van der Waals surface area contributed by atoms with Crippen LogP contribution in [0.5, 0.6) is 0 Å². The fourth-order valence-corrected chi connectivity index (χ4v) is 2.00. The molecular weight excluding hydrogens is 234 g/mol. The number of nitrogens with one attached hydrogen (secondary N) is 2. The second-order valence-corrected chi connectivity index (χ2v) is 5.68. The Balaban J connectivity index is 2.46. The van der Waals surface area contributed by atoms with Crippen molar-refractivity contribution in [2.45, 2.75) is 33.6 Å².